The van der Waals surface area contributed by atoms with E-state index < -0.39 is 15.1 Å². The van der Waals surface area contributed by atoms with E-state index in [0.29, 0.717) is 11.3 Å². The second-order valence-corrected chi connectivity index (χ2v) is 6.44. The fraction of sp³-hybridized carbons (Fsp3) is 0.333. The number of rotatable bonds is 4. The molecule has 2 nitrogen and oxygen atoms in total. The van der Waals surface area contributed by atoms with Crippen LogP contribution in [0, 0.1) is 11.8 Å². The smallest absolute Gasteiger partial charge is 0.185 e. The van der Waals surface area contributed by atoms with E-state index in [1.807, 2.05) is 13.8 Å². The molecule has 0 aliphatic heterocycles. The van der Waals surface area contributed by atoms with Crippen molar-refractivity contribution in [1.82, 2.24) is 0 Å². The van der Waals surface area contributed by atoms with E-state index in [4.69, 9.17) is 0 Å². The molecule has 3 heteroatoms. The Morgan fingerprint density at radius 1 is 1.28 bits per heavy atom. The molecule has 0 N–H and O–H groups in total. The van der Waals surface area contributed by atoms with E-state index in [9.17, 15) is 8.42 Å². The summed E-state index contributed by atoms with van der Waals surface area (Å²) in [5.41, 5.74) is 0.984. The molecule has 0 saturated carbocycles. The van der Waals surface area contributed by atoms with Gasteiger partial charge >= 0.3 is 0 Å². The molecule has 0 amide bonds. The van der Waals surface area contributed by atoms with Gasteiger partial charge in [-0.1, -0.05) is 29.8 Å². The maximum atomic E-state index is 12.5. The number of allylic oxidation sites excluding steroid dienone is 1. The number of sulfone groups is 1. The van der Waals surface area contributed by atoms with E-state index in [1.54, 1.807) is 43.3 Å². The van der Waals surface area contributed by atoms with Crippen LogP contribution in [0.25, 0.3) is 0 Å². The minimum absolute atomic E-state index is 0.332. The maximum Gasteiger partial charge on any atom is 0.185 e. The summed E-state index contributed by atoms with van der Waals surface area (Å²) in [6.07, 6.45) is 2.10. The van der Waals surface area contributed by atoms with Crippen molar-refractivity contribution in [3.63, 3.8) is 0 Å². The molecule has 1 unspecified atom stereocenters. The van der Waals surface area contributed by atoms with Crippen molar-refractivity contribution in [2.45, 2.75) is 37.3 Å². The zero-order valence-corrected chi connectivity index (χ0v) is 11.8. The first-order valence-corrected chi connectivity index (χ1v) is 7.36. The summed E-state index contributed by atoms with van der Waals surface area (Å²) >= 11 is 0. The zero-order chi connectivity index (χ0) is 13.6. The first-order chi connectivity index (χ1) is 8.48. The SMILES string of the molecule is CC#CCC(C=C(C)C)S(=O)(=O)c1ccccc1. The van der Waals surface area contributed by atoms with Crippen molar-refractivity contribution in [3.8, 4) is 11.8 Å². The van der Waals surface area contributed by atoms with Crippen molar-refractivity contribution in [2.24, 2.45) is 0 Å². The first-order valence-electron chi connectivity index (χ1n) is 5.82. The molecule has 0 aromatic heterocycles. The van der Waals surface area contributed by atoms with Gasteiger partial charge in [0.25, 0.3) is 0 Å². The topological polar surface area (TPSA) is 34.1 Å². The Morgan fingerprint density at radius 3 is 2.39 bits per heavy atom. The van der Waals surface area contributed by atoms with Crippen LogP contribution < -0.4 is 0 Å². The van der Waals surface area contributed by atoms with Crippen molar-refractivity contribution in [1.29, 1.82) is 0 Å². The molecule has 0 bridgehead atoms. The van der Waals surface area contributed by atoms with Crippen molar-refractivity contribution in [3.05, 3.63) is 42.0 Å². The van der Waals surface area contributed by atoms with E-state index in [2.05, 4.69) is 11.8 Å². The maximum absolute atomic E-state index is 12.5. The molecular formula is C15H18O2S. The van der Waals surface area contributed by atoms with Crippen LogP contribution in [0.3, 0.4) is 0 Å². The van der Waals surface area contributed by atoms with E-state index in [0.717, 1.165) is 5.57 Å². The Balaban J connectivity index is 3.18. The molecule has 0 aliphatic carbocycles. The van der Waals surface area contributed by atoms with Gasteiger partial charge in [0, 0.05) is 6.42 Å². The minimum atomic E-state index is -3.35. The second-order valence-electron chi connectivity index (χ2n) is 4.27. The molecule has 0 spiro atoms. The molecule has 0 heterocycles. The second kappa shape index (κ2) is 6.42. The molecule has 1 aromatic carbocycles. The molecule has 0 saturated heterocycles. The number of hydrogen-bond donors (Lipinski definition) is 0. The van der Waals surface area contributed by atoms with Gasteiger partial charge in [-0.25, -0.2) is 8.42 Å². The van der Waals surface area contributed by atoms with Crippen LogP contribution in [0.4, 0.5) is 0 Å². The van der Waals surface area contributed by atoms with Crippen LogP contribution in [0.2, 0.25) is 0 Å². The lowest BCUT2D eigenvalue weighted by atomic mass is 10.2. The van der Waals surface area contributed by atoms with Crippen LogP contribution in [0.5, 0.6) is 0 Å². The van der Waals surface area contributed by atoms with Gasteiger partial charge in [-0.05, 0) is 32.9 Å². The average Bonchev–Trinajstić information content (AvgIpc) is 2.35. The van der Waals surface area contributed by atoms with Gasteiger partial charge in [-0.15, -0.1) is 11.8 Å². The molecule has 1 aromatic rings. The summed E-state index contributed by atoms with van der Waals surface area (Å²) < 4.78 is 24.9. The van der Waals surface area contributed by atoms with Gasteiger partial charge in [0.15, 0.2) is 9.84 Å². The summed E-state index contributed by atoms with van der Waals surface area (Å²) in [6.45, 7) is 5.51. The fourth-order valence-electron chi connectivity index (χ4n) is 1.62. The predicted octanol–water partition coefficient (Wildman–Crippen LogP) is 3.21. The van der Waals surface area contributed by atoms with Gasteiger partial charge in [0.1, 0.15) is 0 Å². The van der Waals surface area contributed by atoms with Gasteiger partial charge in [-0.2, -0.15) is 0 Å². The highest BCUT2D eigenvalue weighted by molar-refractivity contribution is 7.92. The first kappa shape index (κ1) is 14.5. The molecule has 1 atom stereocenters. The highest BCUT2D eigenvalue weighted by Crippen LogP contribution is 2.20. The van der Waals surface area contributed by atoms with Crippen LogP contribution in [-0.2, 0) is 9.84 Å². The Morgan fingerprint density at radius 2 is 1.89 bits per heavy atom. The average molecular weight is 262 g/mol. The van der Waals surface area contributed by atoms with Crippen LogP contribution in [-0.4, -0.2) is 13.7 Å². The summed E-state index contributed by atoms with van der Waals surface area (Å²) in [5, 5.41) is -0.572. The van der Waals surface area contributed by atoms with Gasteiger partial charge in [0.2, 0.25) is 0 Å². The summed E-state index contributed by atoms with van der Waals surface area (Å²) in [7, 11) is -3.35. The standard InChI is InChI=1S/C15H18O2S/c1-4-5-9-15(12-13(2)3)18(16,17)14-10-7-6-8-11-14/h6-8,10-12,15H,9H2,1-3H3. The lowest BCUT2D eigenvalue weighted by molar-refractivity contribution is 0.588. The summed E-state index contributed by atoms with van der Waals surface area (Å²) in [4.78, 5) is 0.352. The van der Waals surface area contributed by atoms with Crippen LogP contribution in [0.1, 0.15) is 27.2 Å². The molecule has 0 fully saturated rings. The Hall–Kier alpha value is -1.53. The molecular weight excluding hydrogens is 244 g/mol. The van der Waals surface area contributed by atoms with E-state index in [-0.39, 0.29) is 0 Å². The fourth-order valence-corrected chi connectivity index (χ4v) is 3.26. The van der Waals surface area contributed by atoms with Gasteiger partial charge < -0.3 is 0 Å². The molecule has 1 rings (SSSR count). The van der Waals surface area contributed by atoms with Gasteiger partial charge in [-0.3, -0.25) is 0 Å². The third-order valence-electron chi connectivity index (χ3n) is 2.47. The third-order valence-corrected chi connectivity index (χ3v) is 4.50. The molecule has 18 heavy (non-hydrogen) atoms. The molecule has 0 aliphatic rings. The van der Waals surface area contributed by atoms with Crippen molar-refractivity contribution in [2.75, 3.05) is 0 Å². The van der Waals surface area contributed by atoms with Gasteiger partial charge in [0.05, 0.1) is 10.1 Å². The van der Waals surface area contributed by atoms with Crippen LogP contribution >= 0.6 is 0 Å². The van der Waals surface area contributed by atoms with Crippen molar-refractivity contribution >= 4 is 9.84 Å². The lowest BCUT2D eigenvalue weighted by Crippen LogP contribution is -2.19. The monoisotopic (exact) mass is 262 g/mol. The lowest BCUT2D eigenvalue weighted by Gasteiger charge is -2.12. The Kier molecular flexibility index (Phi) is 5.18. The highest BCUT2D eigenvalue weighted by atomic mass is 32.2. The Bertz CT molecular complexity index is 568. The minimum Gasteiger partial charge on any atom is -0.223 e. The number of hydrogen-bond acceptors (Lipinski definition) is 2. The third kappa shape index (κ3) is 3.75. The predicted molar refractivity (Wildman–Crippen MR) is 74.9 cm³/mol. The summed E-state index contributed by atoms with van der Waals surface area (Å²) in [5.74, 6) is 5.61. The van der Waals surface area contributed by atoms with E-state index >= 15 is 0 Å². The zero-order valence-electron chi connectivity index (χ0n) is 11.0. The Labute approximate surface area is 110 Å². The quantitative estimate of drug-likeness (QED) is 0.617. The highest BCUT2D eigenvalue weighted by Gasteiger charge is 2.24. The van der Waals surface area contributed by atoms with Crippen LogP contribution in [0.15, 0.2) is 46.9 Å². The van der Waals surface area contributed by atoms with E-state index in [1.165, 1.54) is 0 Å². The molecule has 0 radical (unpaired) electrons. The number of benzene rings is 1. The summed E-state index contributed by atoms with van der Waals surface area (Å²) in [6, 6.07) is 8.53. The molecule has 96 valence electrons. The van der Waals surface area contributed by atoms with Crippen molar-refractivity contribution < 1.29 is 8.42 Å². The largest absolute Gasteiger partial charge is 0.223 e. The normalized spacial score (nSPS) is 12.2.